The normalized spacial score (nSPS) is 20.9. The van der Waals surface area contributed by atoms with Crippen molar-refractivity contribution in [3.63, 3.8) is 0 Å². The third kappa shape index (κ3) is 3.35. The van der Waals surface area contributed by atoms with Gasteiger partial charge in [0.05, 0.1) is 18.3 Å². The van der Waals surface area contributed by atoms with Gasteiger partial charge in [-0.3, -0.25) is 0 Å². The SMILES string of the molecule is Cc1nc(N2CCN(c3cc(N4CCCC4CO)ncn3)CC2)sc1C. The summed E-state index contributed by atoms with van der Waals surface area (Å²) < 4.78 is 0. The maximum Gasteiger partial charge on any atom is 0.185 e. The molecule has 2 aromatic rings. The number of aliphatic hydroxyl groups excluding tert-OH is 1. The number of nitrogens with zero attached hydrogens (tertiary/aromatic N) is 6. The summed E-state index contributed by atoms with van der Waals surface area (Å²) in [5.74, 6) is 1.91. The maximum absolute atomic E-state index is 9.57. The summed E-state index contributed by atoms with van der Waals surface area (Å²) in [5.41, 5.74) is 1.14. The van der Waals surface area contributed by atoms with Crippen LogP contribution in [0.15, 0.2) is 12.4 Å². The average Bonchev–Trinajstić information content (AvgIpc) is 3.29. The molecular weight excluding hydrogens is 348 g/mol. The molecule has 2 aromatic heterocycles. The molecule has 2 saturated heterocycles. The summed E-state index contributed by atoms with van der Waals surface area (Å²) in [6, 6.07) is 2.26. The van der Waals surface area contributed by atoms with E-state index in [1.54, 1.807) is 17.7 Å². The number of hydrogen-bond donors (Lipinski definition) is 1. The molecule has 0 radical (unpaired) electrons. The summed E-state index contributed by atoms with van der Waals surface area (Å²) in [6.07, 6.45) is 3.79. The number of thiazole rings is 1. The first kappa shape index (κ1) is 17.5. The topological polar surface area (TPSA) is 68.6 Å². The van der Waals surface area contributed by atoms with E-state index in [2.05, 4.69) is 49.6 Å². The van der Waals surface area contributed by atoms with Crippen molar-refractivity contribution in [3.8, 4) is 0 Å². The summed E-state index contributed by atoms with van der Waals surface area (Å²) in [5, 5.41) is 10.7. The van der Waals surface area contributed by atoms with E-state index in [0.29, 0.717) is 0 Å². The minimum absolute atomic E-state index is 0.185. The third-order valence-corrected chi connectivity index (χ3v) is 6.55. The average molecular weight is 375 g/mol. The van der Waals surface area contributed by atoms with E-state index in [-0.39, 0.29) is 12.6 Å². The van der Waals surface area contributed by atoms with E-state index in [1.165, 1.54) is 4.88 Å². The summed E-state index contributed by atoms with van der Waals surface area (Å²) in [4.78, 5) is 21.8. The summed E-state index contributed by atoms with van der Waals surface area (Å²) >= 11 is 1.78. The molecule has 0 bridgehead atoms. The molecule has 4 rings (SSSR count). The molecule has 2 aliphatic heterocycles. The molecule has 0 aromatic carbocycles. The molecule has 1 atom stereocenters. The first-order chi connectivity index (χ1) is 12.7. The molecule has 0 spiro atoms. The van der Waals surface area contributed by atoms with E-state index in [1.807, 2.05) is 0 Å². The van der Waals surface area contributed by atoms with Crippen molar-refractivity contribution < 1.29 is 5.11 Å². The molecule has 4 heterocycles. The van der Waals surface area contributed by atoms with Crippen LogP contribution in [0.4, 0.5) is 16.8 Å². The number of aliphatic hydroxyl groups is 1. The number of anilines is 3. The second-order valence-electron chi connectivity index (χ2n) is 7.02. The molecule has 0 aliphatic carbocycles. The lowest BCUT2D eigenvalue weighted by Gasteiger charge is -2.35. The van der Waals surface area contributed by atoms with Crippen molar-refractivity contribution >= 4 is 28.1 Å². The quantitative estimate of drug-likeness (QED) is 0.876. The third-order valence-electron chi connectivity index (χ3n) is 5.41. The lowest BCUT2D eigenvalue weighted by Crippen LogP contribution is -2.47. The van der Waals surface area contributed by atoms with Crippen LogP contribution in [-0.2, 0) is 0 Å². The van der Waals surface area contributed by atoms with Crippen molar-refractivity contribution in [2.75, 3.05) is 54.0 Å². The lowest BCUT2D eigenvalue weighted by molar-refractivity contribution is 0.266. The van der Waals surface area contributed by atoms with Gasteiger partial charge in [-0.25, -0.2) is 15.0 Å². The Hall–Kier alpha value is -1.93. The predicted molar refractivity (Wildman–Crippen MR) is 105 cm³/mol. The van der Waals surface area contributed by atoms with Gasteiger partial charge in [0.1, 0.15) is 18.0 Å². The molecule has 8 heteroatoms. The maximum atomic E-state index is 9.57. The van der Waals surface area contributed by atoms with Gasteiger partial charge in [0, 0.05) is 43.7 Å². The van der Waals surface area contributed by atoms with Crippen LogP contribution in [0.25, 0.3) is 0 Å². The fraction of sp³-hybridized carbons (Fsp3) is 0.611. The Kier molecular flexibility index (Phi) is 4.95. The van der Waals surface area contributed by atoms with Gasteiger partial charge in [0.15, 0.2) is 5.13 Å². The smallest absolute Gasteiger partial charge is 0.185 e. The van der Waals surface area contributed by atoms with Gasteiger partial charge in [0.25, 0.3) is 0 Å². The van der Waals surface area contributed by atoms with Crippen molar-refractivity contribution in [1.82, 2.24) is 15.0 Å². The fourth-order valence-electron chi connectivity index (χ4n) is 3.71. The largest absolute Gasteiger partial charge is 0.394 e. The molecule has 140 valence electrons. The van der Waals surface area contributed by atoms with Gasteiger partial charge in [-0.2, -0.15) is 0 Å². The molecular formula is C18H26N6OS. The molecule has 1 unspecified atom stereocenters. The lowest BCUT2D eigenvalue weighted by atomic mass is 10.2. The molecule has 7 nitrogen and oxygen atoms in total. The second-order valence-corrected chi connectivity index (χ2v) is 8.20. The van der Waals surface area contributed by atoms with Crippen molar-refractivity contribution in [2.24, 2.45) is 0 Å². The highest BCUT2D eigenvalue weighted by atomic mass is 32.1. The van der Waals surface area contributed by atoms with Crippen LogP contribution in [0.1, 0.15) is 23.4 Å². The van der Waals surface area contributed by atoms with E-state index in [9.17, 15) is 5.11 Å². The van der Waals surface area contributed by atoms with Crippen LogP contribution < -0.4 is 14.7 Å². The molecule has 1 N–H and O–H groups in total. The van der Waals surface area contributed by atoms with Crippen LogP contribution >= 0.6 is 11.3 Å². The number of piperazine rings is 1. The number of aromatic nitrogens is 3. The Morgan fingerprint density at radius 2 is 1.81 bits per heavy atom. The van der Waals surface area contributed by atoms with Gasteiger partial charge >= 0.3 is 0 Å². The zero-order valence-electron chi connectivity index (χ0n) is 15.4. The van der Waals surface area contributed by atoms with E-state index < -0.39 is 0 Å². The predicted octanol–water partition coefficient (Wildman–Crippen LogP) is 1.84. The van der Waals surface area contributed by atoms with E-state index >= 15 is 0 Å². The summed E-state index contributed by atoms with van der Waals surface area (Å²) in [6.45, 7) is 9.11. The van der Waals surface area contributed by atoms with Crippen LogP contribution in [0.2, 0.25) is 0 Å². The monoisotopic (exact) mass is 374 g/mol. The highest BCUT2D eigenvalue weighted by Crippen LogP contribution is 2.28. The highest BCUT2D eigenvalue weighted by Gasteiger charge is 2.26. The van der Waals surface area contributed by atoms with E-state index in [4.69, 9.17) is 0 Å². The standard InChI is InChI=1S/C18H26N6OS/c1-13-14(2)26-18(21-13)23-8-6-22(7-9-23)16-10-17(20-12-19-16)24-5-3-4-15(24)11-25/h10,12,15,25H,3-9,11H2,1-2H3. The highest BCUT2D eigenvalue weighted by molar-refractivity contribution is 7.15. The fourth-order valence-corrected chi connectivity index (χ4v) is 4.67. The first-order valence-corrected chi connectivity index (χ1v) is 10.1. The van der Waals surface area contributed by atoms with E-state index in [0.717, 1.165) is 68.0 Å². The van der Waals surface area contributed by atoms with Crippen molar-refractivity contribution in [2.45, 2.75) is 32.7 Å². The molecule has 2 aliphatic rings. The Labute approximate surface area is 158 Å². The second kappa shape index (κ2) is 7.36. The molecule has 0 saturated carbocycles. The van der Waals surface area contributed by atoms with Crippen LogP contribution in [0, 0.1) is 13.8 Å². The van der Waals surface area contributed by atoms with Gasteiger partial charge in [-0.05, 0) is 26.7 Å². The zero-order chi connectivity index (χ0) is 18.1. The summed E-state index contributed by atoms with van der Waals surface area (Å²) in [7, 11) is 0. The Balaban J connectivity index is 1.44. The first-order valence-electron chi connectivity index (χ1n) is 9.29. The Morgan fingerprint density at radius 3 is 2.50 bits per heavy atom. The Morgan fingerprint density at radius 1 is 1.08 bits per heavy atom. The molecule has 2 fully saturated rings. The molecule has 0 amide bonds. The van der Waals surface area contributed by atoms with Crippen LogP contribution in [-0.4, -0.2) is 65.4 Å². The minimum atomic E-state index is 0.185. The van der Waals surface area contributed by atoms with Gasteiger partial charge < -0.3 is 19.8 Å². The number of aryl methyl sites for hydroxylation is 2. The van der Waals surface area contributed by atoms with Gasteiger partial charge in [-0.15, -0.1) is 11.3 Å². The zero-order valence-corrected chi connectivity index (χ0v) is 16.2. The van der Waals surface area contributed by atoms with Gasteiger partial charge in [0.2, 0.25) is 0 Å². The minimum Gasteiger partial charge on any atom is -0.394 e. The number of hydrogen-bond acceptors (Lipinski definition) is 8. The number of rotatable bonds is 4. The molecule has 26 heavy (non-hydrogen) atoms. The Bertz CT molecular complexity index is 738. The van der Waals surface area contributed by atoms with Crippen LogP contribution in [0.5, 0.6) is 0 Å². The van der Waals surface area contributed by atoms with Crippen molar-refractivity contribution in [1.29, 1.82) is 0 Å². The van der Waals surface area contributed by atoms with Crippen LogP contribution in [0.3, 0.4) is 0 Å². The van der Waals surface area contributed by atoms with Crippen molar-refractivity contribution in [3.05, 3.63) is 23.0 Å². The van der Waals surface area contributed by atoms with Gasteiger partial charge in [-0.1, -0.05) is 0 Å².